The highest BCUT2D eigenvalue weighted by molar-refractivity contribution is 5.71. The Kier molecular flexibility index (Phi) is 8.92. The van der Waals surface area contributed by atoms with Crippen molar-refractivity contribution < 1.29 is 24.9 Å². The maximum absolute atomic E-state index is 9.52. The van der Waals surface area contributed by atoms with E-state index >= 15 is 0 Å². The SMILES string of the molecule is CC(O)C(=O)O.NCCC(=O)O. The van der Waals surface area contributed by atoms with Crippen molar-refractivity contribution in [3.05, 3.63) is 0 Å². The molecule has 0 aromatic rings. The van der Waals surface area contributed by atoms with Crippen LogP contribution in [-0.4, -0.2) is 39.9 Å². The molecule has 0 heterocycles. The minimum Gasteiger partial charge on any atom is -0.481 e. The Morgan fingerprint density at radius 2 is 1.75 bits per heavy atom. The smallest absolute Gasteiger partial charge is 0.332 e. The summed E-state index contributed by atoms with van der Waals surface area (Å²) in [5, 5.41) is 23.6. The maximum Gasteiger partial charge on any atom is 0.332 e. The molecule has 0 amide bonds. The van der Waals surface area contributed by atoms with Crippen molar-refractivity contribution in [2.75, 3.05) is 6.54 Å². The van der Waals surface area contributed by atoms with Gasteiger partial charge in [-0.25, -0.2) is 4.79 Å². The van der Waals surface area contributed by atoms with Gasteiger partial charge in [-0.05, 0) is 6.92 Å². The van der Waals surface area contributed by atoms with Crippen molar-refractivity contribution in [1.82, 2.24) is 0 Å². The number of aliphatic carboxylic acids is 2. The van der Waals surface area contributed by atoms with Crippen LogP contribution in [0.3, 0.4) is 0 Å². The first-order valence-corrected chi connectivity index (χ1v) is 3.24. The summed E-state index contributed by atoms with van der Waals surface area (Å²) < 4.78 is 0. The number of aliphatic hydroxyl groups is 1. The summed E-state index contributed by atoms with van der Waals surface area (Å²) in [5.74, 6) is -2.02. The molecule has 0 rings (SSSR count). The highest BCUT2D eigenvalue weighted by atomic mass is 16.4. The molecule has 1 atom stereocenters. The van der Waals surface area contributed by atoms with Crippen molar-refractivity contribution in [1.29, 1.82) is 0 Å². The van der Waals surface area contributed by atoms with Gasteiger partial charge in [-0.15, -0.1) is 0 Å². The minimum absolute atomic E-state index is 0.0694. The zero-order chi connectivity index (χ0) is 10.1. The van der Waals surface area contributed by atoms with Crippen molar-refractivity contribution in [2.24, 2.45) is 5.73 Å². The summed E-state index contributed by atoms with van der Waals surface area (Å²) in [6.45, 7) is 1.43. The lowest BCUT2D eigenvalue weighted by Crippen LogP contribution is -2.13. The van der Waals surface area contributed by atoms with Crippen LogP contribution in [0.5, 0.6) is 0 Å². The van der Waals surface area contributed by atoms with E-state index in [1.54, 1.807) is 0 Å². The highest BCUT2D eigenvalue weighted by Crippen LogP contribution is 1.73. The zero-order valence-electron chi connectivity index (χ0n) is 6.73. The summed E-state index contributed by atoms with van der Waals surface area (Å²) in [6.07, 6.45) is -1.16. The van der Waals surface area contributed by atoms with Gasteiger partial charge in [-0.2, -0.15) is 0 Å². The van der Waals surface area contributed by atoms with Gasteiger partial charge in [0, 0.05) is 6.54 Å². The predicted octanol–water partition coefficient (Wildman–Crippen LogP) is -1.13. The normalized spacial score (nSPS) is 10.9. The third-order valence-corrected chi connectivity index (χ3v) is 0.716. The van der Waals surface area contributed by atoms with E-state index in [-0.39, 0.29) is 13.0 Å². The first-order chi connectivity index (χ1) is 5.41. The minimum atomic E-state index is -1.23. The maximum atomic E-state index is 9.52. The molecule has 0 aliphatic carbocycles. The summed E-state index contributed by atoms with van der Waals surface area (Å²) in [5.41, 5.74) is 4.85. The van der Waals surface area contributed by atoms with Gasteiger partial charge < -0.3 is 21.1 Å². The van der Waals surface area contributed by atoms with E-state index in [0.717, 1.165) is 0 Å². The molecule has 0 aromatic heterocycles. The van der Waals surface area contributed by atoms with E-state index < -0.39 is 18.0 Å². The van der Waals surface area contributed by atoms with Crippen LogP contribution in [0, 0.1) is 0 Å². The van der Waals surface area contributed by atoms with Crippen LogP contribution in [0.25, 0.3) is 0 Å². The van der Waals surface area contributed by atoms with E-state index in [0.29, 0.717) is 0 Å². The third kappa shape index (κ3) is 15.9. The molecule has 0 aromatic carbocycles. The van der Waals surface area contributed by atoms with Crippen LogP contribution >= 0.6 is 0 Å². The van der Waals surface area contributed by atoms with E-state index in [4.69, 9.17) is 21.1 Å². The Bertz CT molecular complexity index is 145. The molecule has 0 bridgehead atoms. The molecule has 0 aliphatic rings. The van der Waals surface area contributed by atoms with Gasteiger partial charge in [0.05, 0.1) is 6.42 Å². The van der Waals surface area contributed by atoms with Crippen LogP contribution < -0.4 is 5.73 Å². The average Bonchev–Trinajstić information content (AvgIpc) is 1.87. The Morgan fingerprint density at radius 3 is 1.75 bits per heavy atom. The number of carbonyl (C=O) groups is 2. The van der Waals surface area contributed by atoms with E-state index in [1.165, 1.54) is 6.92 Å². The van der Waals surface area contributed by atoms with Crippen molar-refractivity contribution >= 4 is 11.9 Å². The average molecular weight is 179 g/mol. The highest BCUT2D eigenvalue weighted by Gasteiger charge is 2.01. The topological polar surface area (TPSA) is 121 Å². The second-order valence-corrected chi connectivity index (χ2v) is 1.95. The third-order valence-electron chi connectivity index (χ3n) is 0.716. The summed E-state index contributed by atoms with van der Waals surface area (Å²) >= 11 is 0. The van der Waals surface area contributed by atoms with Crippen LogP contribution in [0.15, 0.2) is 0 Å². The Labute approximate surface area is 69.6 Å². The van der Waals surface area contributed by atoms with Crippen molar-refractivity contribution in [2.45, 2.75) is 19.4 Å². The van der Waals surface area contributed by atoms with Crippen LogP contribution in [0.2, 0.25) is 0 Å². The predicted molar refractivity (Wildman–Crippen MR) is 40.6 cm³/mol. The van der Waals surface area contributed by atoms with Crippen molar-refractivity contribution in [3.8, 4) is 0 Å². The second-order valence-electron chi connectivity index (χ2n) is 1.95. The molecular formula is C6H13NO5. The van der Waals surface area contributed by atoms with Gasteiger partial charge in [0.15, 0.2) is 0 Å². The molecule has 5 N–H and O–H groups in total. The molecule has 0 aliphatic heterocycles. The molecule has 6 nitrogen and oxygen atoms in total. The number of aliphatic hydroxyl groups excluding tert-OH is 1. The molecule has 12 heavy (non-hydrogen) atoms. The van der Waals surface area contributed by atoms with Gasteiger partial charge in [0.1, 0.15) is 6.10 Å². The Balaban J connectivity index is 0. The fraction of sp³-hybridized carbons (Fsp3) is 0.667. The quantitative estimate of drug-likeness (QED) is 0.435. The van der Waals surface area contributed by atoms with Gasteiger partial charge in [-0.3, -0.25) is 4.79 Å². The fourth-order valence-electron chi connectivity index (χ4n) is 0.123. The molecule has 0 fully saturated rings. The summed E-state index contributed by atoms with van der Waals surface area (Å²) in [7, 11) is 0. The number of carboxylic acid groups (broad SMARTS) is 2. The van der Waals surface area contributed by atoms with Gasteiger partial charge in [0.25, 0.3) is 0 Å². The summed E-state index contributed by atoms with van der Waals surface area (Å²) in [4.78, 5) is 19.0. The van der Waals surface area contributed by atoms with Crippen molar-refractivity contribution in [3.63, 3.8) is 0 Å². The van der Waals surface area contributed by atoms with E-state index in [2.05, 4.69) is 0 Å². The lowest BCUT2D eigenvalue weighted by Gasteiger charge is -1.89. The number of nitrogens with two attached hydrogens (primary N) is 1. The Morgan fingerprint density at radius 1 is 1.42 bits per heavy atom. The molecule has 6 heteroatoms. The van der Waals surface area contributed by atoms with Gasteiger partial charge >= 0.3 is 11.9 Å². The monoisotopic (exact) mass is 179 g/mol. The molecule has 1 unspecified atom stereocenters. The fourth-order valence-corrected chi connectivity index (χ4v) is 0.123. The van der Waals surface area contributed by atoms with E-state index in [1.807, 2.05) is 0 Å². The molecule has 72 valence electrons. The lowest BCUT2D eigenvalue weighted by atomic mass is 10.4. The lowest BCUT2D eigenvalue weighted by molar-refractivity contribution is -0.145. The van der Waals surface area contributed by atoms with Gasteiger partial charge in [-0.1, -0.05) is 0 Å². The zero-order valence-corrected chi connectivity index (χ0v) is 6.73. The first-order valence-electron chi connectivity index (χ1n) is 3.24. The summed E-state index contributed by atoms with van der Waals surface area (Å²) in [6, 6.07) is 0. The standard InChI is InChI=1S/C3H7NO2.C3H6O3/c4-2-1-3(5)6;1-2(4)3(5)6/h1-2,4H2,(H,5,6);2,4H,1H3,(H,5,6). The molecule has 0 saturated heterocycles. The van der Waals surface area contributed by atoms with E-state index in [9.17, 15) is 9.59 Å². The number of hydrogen-bond donors (Lipinski definition) is 4. The number of hydrogen-bond acceptors (Lipinski definition) is 4. The number of carboxylic acids is 2. The second kappa shape index (κ2) is 7.96. The first kappa shape index (κ1) is 13.4. The van der Waals surface area contributed by atoms with Gasteiger partial charge in [0.2, 0.25) is 0 Å². The molecule has 0 radical (unpaired) electrons. The van der Waals surface area contributed by atoms with Crippen LogP contribution in [0.1, 0.15) is 13.3 Å². The molecule has 0 saturated carbocycles. The Hall–Kier alpha value is -1.14. The largest absolute Gasteiger partial charge is 0.481 e. The van der Waals surface area contributed by atoms with Crippen LogP contribution in [0.4, 0.5) is 0 Å². The molecular weight excluding hydrogens is 166 g/mol. The molecule has 0 spiro atoms. The number of rotatable bonds is 3. The van der Waals surface area contributed by atoms with Crippen LogP contribution in [-0.2, 0) is 9.59 Å².